The van der Waals surface area contributed by atoms with E-state index < -0.39 is 4.92 Å². The van der Waals surface area contributed by atoms with Gasteiger partial charge in [-0.05, 0) is 55.9 Å². The van der Waals surface area contributed by atoms with Gasteiger partial charge in [0.1, 0.15) is 0 Å². The zero-order valence-corrected chi connectivity index (χ0v) is 16.4. The summed E-state index contributed by atoms with van der Waals surface area (Å²) < 4.78 is 5.23. The van der Waals surface area contributed by atoms with E-state index in [1.54, 1.807) is 12.1 Å². The first-order valence-corrected chi connectivity index (χ1v) is 10.5. The second-order valence-electron chi connectivity index (χ2n) is 9.32. The lowest BCUT2D eigenvalue weighted by Gasteiger charge is -2.61. The number of aliphatic hydroxyl groups is 1. The molecule has 1 aromatic rings. The van der Waals surface area contributed by atoms with Crippen LogP contribution >= 0.6 is 0 Å². The number of nitro groups is 1. The van der Waals surface area contributed by atoms with E-state index in [9.17, 15) is 15.2 Å². The maximum atomic E-state index is 11.1. The predicted molar refractivity (Wildman–Crippen MR) is 106 cm³/mol. The van der Waals surface area contributed by atoms with Gasteiger partial charge in [0.2, 0.25) is 0 Å². The molecule has 4 aliphatic carbocycles. The summed E-state index contributed by atoms with van der Waals surface area (Å²) in [6.45, 7) is 3.87. The third-order valence-corrected chi connectivity index (χ3v) is 7.65. The molecule has 28 heavy (non-hydrogen) atoms. The van der Waals surface area contributed by atoms with Crippen LogP contribution in [0.3, 0.4) is 0 Å². The van der Waals surface area contributed by atoms with Gasteiger partial charge < -0.3 is 14.7 Å². The van der Waals surface area contributed by atoms with Gasteiger partial charge in [-0.15, -0.1) is 0 Å². The fourth-order valence-electron chi connectivity index (χ4n) is 6.84. The molecule has 0 amide bonds. The number of piperazine rings is 1. The summed E-state index contributed by atoms with van der Waals surface area (Å²) in [6.07, 6.45) is 5.60. The van der Waals surface area contributed by atoms with Crippen LogP contribution in [0.5, 0.6) is 5.75 Å². The Labute approximate surface area is 165 Å². The van der Waals surface area contributed by atoms with Crippen molar-refractivity contribution in [1.29, 1.82) is 0 Å². The van der Waals surface area contributed by atoms with Crippen molar-refractivity contribution in [2.24, 2.45) is 17.8 Å². The Hall–Kier alpha value is -1.86. The minimum Gasteiger partial charge on any atom is -0.490 e. The predicted octanol–water partition coefficient (Wildman–Crippen LogP) is 2.67. The SMILES string of the molecule is COc1cc(N2CCN(C3C4CC5C[C@@H]3CC(O)(C5)C4)CC2)ccc1[N+](=O)[O-]. The summed E-state index contributed by atoms with van der Waals surface area (Å²) in [7, 11) is 1.48. The van der Waals surface area contributed by atoms with Crippen LogP contribution in [0.25, 0.3) is 0 Å². The van der Waals surface area contributed by atoms with Gasteiger partial charge >= 0.3 is 5.69 Å². The number of hydrogen-bond acceptors (Lipinski definition) is 6. The Bertz CT molecular complexity index is 761. The Kier molecular flexibility index (Phi) is 4.28. The van der Waals surface area contributed by atoms with Crippen molar-refractivity contribution in [1.82, 2.24) is 4.90 Å². The van der Waals surface area contributed by atoms with Gasteiger partial charge in [-0.25, -0.2) is 0 Å². The molecule has 1 heterocycles. The molecule has 0 spiro atoms. The number of benzene rings is 1. The first-order chi connectivity index (χ1) is 13.5. The van der Waals surface area contributed by atoms with Crippen molar-refractivity contribution in [2.75, 3.05) is 38.2 Å². The summed E-state index contributed by atoms with van der Waals surface area (Å²) in [5.41, 5.74) is 0.627. The maximum Gasteiger partial charge on any atom is 0.311 e. The topological polar surface area (TPSA) is 79.1 Å². The third kappa shape index (κ3) is 2.95. The van der Waals surface area contributed by atoms with Crippen molar-refractivity contribution < 1.29 is 14.8 Å². The van der Waals surface area contributed by atoms with Gasteiger partial charge in [0.05, 0.1) is 17.6 Å². The maximum absolute atomic E-state index is 11.1. The highest BCUT2D eigenvalue weighted by atomic mass is 16.6. The second kappa shape index (κ2) is 6.59. The van der Waals surface area contributed by atoms with E-state index in [2.05, 4.69) is 9.80 Å². The van der Waals surface area contributed by atoms with Gasteiger partial charge in [-0.1, -0.05) is 0 Å². The normalized spacial score (nSPS) is 37.3. The van der Waals surface area contributed by atoms with Gasteiger partial charge in [0, 0.05) is 50.0 Å². The Morgan fingerprint density at radius 2 is 1.82 bits per heavy atom. The fourth-order valence-corrected chi connectivity index (χ4v) is 6.84. The number of methoxy groups -OCH3 is 1. The van der Waals surface area contributed by atoms with Crippen molar-refractivity contribution in [3.8, 4) is 5.75 Å². The zero-order chi connectivity index (χ0) is 19.5. The molecule has 5 fully saturated rings. The van der Waals surface area contributed by atoms with Gasteiger partial charge in [0.25, 0.3) is 0 Å². The molecule has 1 aliphatic heterocycles. The molecule has 6 rings (SSSR count). The summed E-state index contributed by atoms with van der Waals surface area (Å²) in [5.74, 6) is 2.37. The lowest BCUT2D eigenvalue weighted by molar-refractivity contribution is -0.385. The van der Waals surface area contributed by atoms with E-state index in [1.807, 2.05) is 6.07 Å². The Morgan fingerprint density at radius 1 is 1.14 bits per heavy atom. The van der Waals surface area contributed by atoms with Crippen LogP contribution in [0.2, 0.25) is 0 Å². The lowest BCUT2D eigenvalue weighted by atomic mass is 9.52. The lowest BCUT2D eigenvalue weighted by Crippen LogP contribution is -2.64. The smallest absolute Gasteiger partial charge is 0.311 e. The van der Waals surface area contributed by atoms with Crippen molar-refractivity contribution in [3.63, 3.8) is 0 Å². The molecule has 1 saturated heterocycles. The van der Waals surface area contributed by atoms with Crippen LogP contribution in [0.15, 0.2) is 18.2 Å². The standard InChI is InChI=1S/C21H29N3O4/c1-28-19-10-17(2-3-18(19)24(26)27)22-4-6-23(7-5-22)20-15-8-14-9-16(20)13-21(25,11-14)12-15/h2-3,10,14-16,20,25H,4-9,11-13H2,1H3/t14?,15-,16?,20?,21?/m1/s1. The number of nitrogens with zero attached hydrogens (tertiary/aromatic N) is 3. The number of anilines is 1. The summed E-state index contributed by atoms with van der Waals surface area (Å²) in [5, 5.41) is 22.0. The highest BCUT2D eigenvalue weighted by Gasteiger charge is 2.56. The molecule has 1 N–H and O–H groups in total. The van der Waals surface area contributed by atoms with E-state index in [0.29, 0.717) is 23.6 Å². The van der Waals surface area contributed by atoms with Crippen molar-refractivity contribution in [3.05, 3.63) is 28.3 Å². The number of rotatable bonds is 4. The van der Waals surface area contributed by atoms with Gasteiger partial charge in [-0.3, -0.25) is 15.0 Å². The van der Waals surface area contributed by atoms with Crippen LogP contribution in [-0.4, -0.2) is 59.9 Å². The first-order valence-electron chi connectivity index (χ1n) is 10.5. The molecule has 4 bridgehead atoms. The van der Waals surface area contributed by atoms with E-state index in [0.717, 1.165) is 57.0 Å². The van der Waals surface area contributed by atoms with E-state index in [4.69, 9.17) is 4.74 Å². The molecule has 1 aromatic carbocycles. The monoisotopic (exact) mass is 387 g/mol. The molecular weight excluding hydrogens is 358 g/mol. The molecular formula is C21H29N3O4. The summed E-state index contributed by atoms with van der Waals surface area (Å²) in [6, 6.07) is 5.78. The van der Waals surface area contributed by atoms with Gasteiger partial charge in [0.15, 0.2) is 5.75 Å². The van der Waals surface area contributed by atoms with E-state index in [1.165, 1.54) is 20.0 Å². The summed E-state index contributed by atoms with van der Waals surface area (Å²) >= 11 is 0. The van der Waals surface area contributed by atoms with Crippen molar-refractivity contribution in [2.45, 2.75) is 43.7 Å². The second-order valence-corrected chi connectivity index (χ2v) is 9.32. The highest BCUT2D eigenvalue weighted by molar-refractivity contribution is 5.59. The molecule has 5 atom stereocenters. The van der Waals surface area contributed by atoms with Crippen LogP contribution < -0.4 is 9.64 Å². The van der Waals surface area contributed by atoms with Crippen LogP contribution in [-0.2, 0) is 0 Å². The fraction of sp³-hybridized carbons (Fsp3) is 0.714. The highest BCUT2D eigenvalue weighted by Crippen LogP contribution is 2.57. The number of nitro benzene ring substituents is 1. The molecule has 4 saturated carbocycles. The molecule has 0 radical (unpaired) electrons. The molecule has 0 aromatic heterocycles. The number of hydrogen-bond donors (Lipinski definition) is 1. The first kappa shape index (κ1) is 18.2. The minimum absolute atomic E-state index is 0.0106. The van der Waals surface area contributed by atoms with Crippen LogP contribution in [0, 0.1) is 27.9 Å². The van der Waals surface area contributed by atoms with Gasteiger partial charge in [-0.2, -0.15) is 0 Å². The molecule has 5 aliphatic rings. The summed E-state index contributed by atoms with van der Waals surface area (Å²) in [4.78, 5) is 15.7. The Morgan fingerprint density at radius 3 is 2.39 bits per heavy atom. The molecule has 7 nitrogen and oxygen atoms in total. The number of ether oxygens (including phenoxy) is 1. The van der Waals surface area contributed by atoms with E-state index in [-0.39, 0.29) is 11.3 Å². The van der Waals surface area contributed by atoms with Crippen molar-refractivity contribution >= 4 is 11.4 Å². The quantitative estimate of drug-likeness (QED) is 0.632. The third-order valence-electron chi connectivity index (χ3n) is 7.65. The Balaban J connectivity index is 1.27. The average molecular weight is 387 g/mol. The molecule has 4 unspecified atom stereocenters. The van der Waals surface area contributed by atoms with E-state index >= 15 is 0 Å². The largest absolute Gasteiger partial charge is 0.490 e. The zero-order valence-electron chi connectivity index (χ0n) is 16.4. The minimum atomic E-state index is -0.402. The van der Waals surface area contributed by atoms with Crippen LogP contribution in [0.1, 0.15) is 32.1 Å². The van der Waals surface area contributed by atoms with Crippen LogP contribution in [0.4, 0.5) is 11.4 Å². The average Bonchev–Trinajstić information content (AvgIpc) is 2.66. The molecule has 152 valence electrons. The molecule has 7 heteroatoms.